The average Bonchev–Trinajstić information content (AvgIpc) is 3.24. The van der Waals surface area contributed by atoms with Gasteiger partial charge < -0.3 is 19.8 Å². The maximum absolute atomic E-state index is 12.7. The highest BCUT2D eigenvalue weighted by Gasteiger charge is 2.65. The Balaban J connectivity index is 1.50. The smallest absolute Gasteiger partial charge is 0.305 e. The van der Waals surface area contributed by atoms with Crippen LogP contribution in [0.25, 0.3) is 0 Å². The number of hydrogen-bond acceptors (Lipinski definition) is 5. The summed E-state index contributed by atoms with van der Waals surface area (Å²) in [5.41, 5.74) is -0.128. The summed E-state index contributed by atoms with van der Waals surface area (Å²) in [5, 5.41) is 24.3. The molecule has 37 heavy (non-hydrogen) atoms. The first kappa shape index (κ1) is 29.3. The van der Waals surface area contributed by atoms with Crippen molar-refractivity contribution >= 4 is 27.8 Å². The summed E-state index contributed by atoms with van der Waals surface area (Å²) in [5.74, 6) is 1.97. The Morgan fingerprint density at radius 3 is 2.49 bits per heavy atom. The molecule has 7 heteroatoms. The minimum absolute atomic E-state index is 0.0943. The molecule has 0 aliphatic heterocycles. The molecule has 0 aromatic heterocycles. The van der Waals surface area contributed by atoms with Gasteiger partial charge in [-0.1, -0.05) is 36.7 Å². The predicted octanol–water partition coefficient (Wildman–Crippen LogP) is 5.18. The molecule has 0 bridgehead atoms. The van der Waals surface area contributed by atoms with E-state index < -0.39 is 0 Å². The molecule has 4 rings (SSSR count). The number of amides is 1. The second-order valence-corrected chi connectivity index (χ2v) is 14.2. The first-order valence-corrected chi connectivity index (χ1v) is 15.9. The molecule has 0 saturated heterocycles. The van der Waals surface area contributed by atoms with Crippen LogP contribution in [0.2, 0.25) is 0 Å². The van der Waals surface area contributed by atoms with Crippen LogP contribution in [0, 0.1) is 46.3 Å². The zero-order chi connectivity index (χ0) is 27.1. The number of methoxy groups -OCH3 is 1. The molecule has 0 aromatic rings. The number of alkyl halides is 1. The van der Waals surface area contributed by atoms with Crippen LogP contribution < -0.4 is 0 Å². The van der Waals surface area contributed by atoms with Gasteiger partial charge in [-0.2, -0.15) is 0 Å². The van der Waals surface area contributed by atoms with Crippen LogP contribution in [0.1, 0.15) is 91.4 Å². The fourth-order valence-corrected chi connectivity index (χ4v) is 10.0. The van der Waals surface area contributed by atoms with E-state index >= 15 is 0 Å². The quantitative estimate of drug-likeness (QED) is 0.304. The van der Waals surface area contributed by atoms with Gasteiger partial charge in [-0.05, 0) is 104 Å². The Kier molecular flexibility index (Phi) is 9.07. The predicted molar refractivity (Wildman–Crippen MR) is 148 cm³/mol. The number of aliphatic hydroxyl groups is 2. The number of carbonyl (C=O) groups is 2. The SMILES string of the molecule is COC(=O)CC[C@@H](C)[C@H]1CC[C@H]2[C@@H]3[C@H](O)C[C@@H]4C[C@H](N(C)C(=O)CCCBr)CC[C@]4(C)[C@H]3C[C@H](O)[C@]12C. The van der Waals surface area contributed by atoms with Gasteiger partial charge in [-0.25, -0.2) is 0 Å². The molecule has 0 spiro atoms. The van der Waals surface area contributed by atoms with Gasteiger partial charge in [0.05, 0.1) is 19.3 Å². The number of ether oxygens (including phenoxy) is 1. The van der Waals surface area contributed by atoms with Crippen molar-refractivity contribution in [2.45, 2.75) is 110 Å². The Morgan fingerprint density at radius 2 is 1.81 bits per heavy atom. The third-order valence-corrected chi connectivity index (χ3v) is 12.6. The average molecular weight is 585 g/mol. The number of halogens is 1. The summed E-state index contributed by atoms with van der Waals surface area (Å²) in [6, 6.07) is 0.245. The number of carbonyl (C=O) groups excluding carboxylic acids is 2. The normalized spacial score (nSPS) is 43.8. The number of esters is 1. The lowest BCUT2D eigenvalue weighted by molar-refractivity contribution is -0.204. The maximum atomic E-state index is 12.7. The van der Waals surface area contributed by atoms with E-state index in [1.165, 1.54) is 7.11 Å². The number of rotatable bonds is 8. The van der Waals surface area contributed by atoms with Gasteiger partial charge in [0.25, 0.3) is 0 Å². The molecule has 11 atom stereocenters. The minimum atomic E-state index is -0.388. The van der Waals surface area contributed by atoms with E-state index in [9.17, 15) is 19.8 Å². The molecule has 4 fully saturated rings. The van der Waals surface area contributed by atoms with Crippen LogP contribution in [0.3, 0.4) is 0 Å². The van der Waals surface area contributed by atoms with Gasteiger partial charge in [0.1, 0.15) is 0 Å². The maximum Gasteiger partial charge on any atom is 0.305 e. The summed E-state index contributed by atoms with van der Waals surface area (Å²) in [4.78, 5) is 26.5. The number of fused-ring (bicyclic) bond motifs is 5. The molecule has 1 amide bonds. The summed E-state index contributed by atoms with van der Waals surface area (Å²) >= 11 is 3.43. The third-order valence-electron chi connectivity index (χ3n) is 12.0. The van der Waals surface area contributed by atoms with Crippen LogP contribution in [-0.2, 0) is 14.3 Å². The van der Waals surface area contributed by atoms with E-state index in [0.29, 0.717) is 42.4 Å². The second-order valence-electron chi connectivity index (χ2n) is 13.4. The van der Waals surface area contributed by atoms with Gasteiger partial charge in [0.15, 0.2) is 0 Å². The molecule has 2 N–H and O–H groups in total. The lowest BCUT2D eigenvalue weighted by Crippen LogP contribution is -2.63. The molecule has 0 heterocycles. The van der Waals surface area contributed by atoms with E-state index in [1.807, 2.05) is 11.9 Å². The first-order chi connectivity index (χ1) is 17.5. The first-order valence-electron chi connectivity index (χ1n) is 14.7. The van der Waals surface area contributed by atoms with Crippen molar-refractivity contribution in [1.82, 2.24) is 4.90 Å². The van der Waals surface area contributed by atoms with Gasteiger partial charge >= 0.3 is 5.97 Å². The van der Waals surface area contributed by atoms with Gasteiger partial charge in [0.2, 0.25) is 5.91 Å². The molecule has 0 radical (unpaired) electrons. The molecule has 4 aliphatic rings. The molecule has 0 unspecified atom stereocenters. The van der Waals surface area contributed by atoms with Gasteiger partial charge in [-0.3, -0.25) is 9.59 Å². The third kappa shape index (κ3) is 5.15. The molecule has 0 aromatic carbocycles. The molecular formula is C30H50BrNO5. The number of aliphatic hydroxyl groups excluding tert-OH is 2. The summed E-state index contributed by atoms with van der Waals surface area (Å²) in [6.45, 7) is 6.92. The van der Waals surface area contributed by atoms with Crippen LogP contribution in [0.4, 0.5) is 0 Å². The fourth-order valence-electron chi connectivity index (χ4n) is 9.73. The summed E-state index contributed by atoms with van der Waals surface area (Å²) < 4.78 is 4.87. The van der Waals surface area contributed by atoms with Crippen molar-refractivity contribution in [1.29, 1.82) is 0 Å². The van der Waals surface area contributed by atoms with Crippen molar-refractivity contribution in [2.24, 2.45) is 46.3 Å². The van der Waals surface area contributed by atoms with Crippen molar-refractivity contribution in [2.75, 3.05) is 19.5 Å². The van der Waals surface area contributed by atoms with Crippen molar-refractivity contribution in [3.8, 4) is 0 Å². The zero-order valence-corrected chi connectivity index (χ0v) is 25.2. The fraction of sp³-hybridized carbons (Fsp3) is 0.933. The molecule has 4 aliphatic carbocycles. The number of hydrogen-bond donors (Lipinski definition) is 2. The monoisotopic (exact) mass is 583 g/mol. The lowest BCUT2D eigenvalue weighted by Gasteiger charge is -2.64. The van der Waals surface area contributed by atoms with E-state index in [2.05, 4.69) is 36.7 Å². The zero-order valence-electron chi connectivity index (χ0n) is 23.6. The van der Waals surface area contributed by atoms with Crippen molar-refractivity contribution < 1.29 is 24.5 Å². The number of nitrogens with zero attached hydrogens (tertiary/aromatic N) is 1. The van der Waals surface area contributed by atoms with Crippen LogP contribution in [0.15, 0.2) is 0 Å². The van der Waals surface area contributed by atoms with E-state index in [-0.39, 0.29) is 46.9 Å². The van der Waals surface area contributed by atoms with Gasteiger partial charge in [-0.15, -0.1) is 0 Å². The van der Waals surface area contributed by atoms with Crippen molar-refractivity contribution in [3.05, 3.63) is 0 Å². The molecular weight excluding hydrogens is 534 g/mol. The van der Waals surface area contributed by atoms with E-state index in [4.69, 9.17) is 4.74 Å². The van der Waals surface area contributed by atoms with Crippen LogP contribution in [-0.4, -0.2) is 64.7 Å². The largest absolute Gasteiger partial charge is 0.469 e. The van der Waals surface area contributed by atoms with Crippen LogP contribution in [0.5, 0.6) is 0 Å². The van der Waals surface area contributed by atoms with Crippen molar-refractivity contribution in [3.63, 3.8) is 0 Å². The lowest BCUT2D eigenvalue weighted by atomic mass is 9.43. The Morgan fingerprint density at radius 1 is 1.08 bits per heavy atom. The summed E-state index contributed by atoms with van der Waals surface area (Å²) in [7, 11) is 3.40. The van der Waals surface area contributed by atoms with Crippen LogP contribution >= 0.6 is 15.9 Å². The Bertz CT molecular complexity index is 839. The van der Waals surface area contributed by atoms with Gasteiger partial charge in [0, 0.05) is 31.3 Å². The molecule has 4 saturated carbocycles. The molecule has 6 nitrogen and oxygen atoms in total. The molecule has 212 valence electrons. The highest BCUT2D eigenvalue weighted by Crippen LogP contribution is 2.68. The highest BCUT2D eigenvalue weighted by atomic mass is 79.9. The van der Waals surface area contributed by atoms with E-state index in [1.54, 1.807) is 0 Å². The Labute approximate surface area is 232 Å². The highest BCUT2D eigenvalue weighted by molar-refractivity contribution is 9.09. The standard InChI is InChI=1S/C30H50BrNO5/c1-18(8-11-27(36)37-5)21-9-10-22-28-23(17-25(34)30(21,22)3)29(2)13-12-20(15-19(29)16-24(28)33)32(4)26(35)7-6-14-31/h18-25,28,33-34H,6-17H2,1-5H3/t18-,19+,20-,21-,22+,23+,24-,25+,28+,29+,30-/m1/s1. The topological polar surface area (TPSA) is 87.1 Å². The van der Waals surface area contributed by atoms with E-state index in [0.717, 1.165) is 63.1 Å². The Hall–Kier alpha value is -0.660. The summed E-state index contributed by atoms with van der Waals surface area (Å²) in [6.07, 6.45) is 8.60. The minimum Gasteiger partial charge on any atom is -0.469 e. The second kappa shape index (κ2) is 11.4.